The van der Waals surface area contributed by atoms with Crippen LogP contribution in [0.2, 0.25) is 0 Å². The first-order chi connectivity index (χ1) is 8.04. The smallest absolute Gasteiger partial charge is 0.286 e. The molecule has 1 aromatic heterocycles. The molecular weight excluding hydrogens is 232 g/mol. The van der Waals surface area contributed by atoms with E-state index >= 15 is 0 Å². The van der Waals surface area contributed by atoms with Crippen molar-refractivity contribution < 1.29 is 25.0 Å². The van der Waals surface area contributed by atoms with Crippen LogP contribution in [-0.2, 0) is 4.74 Å². The Balaban J connectivity index is 2.19. The van der Waals surface area contributed by atoms with Gasteiger partial charge in [0.25, 0.3) is 5.69 Å². The van der Waals surface area contributed by atoms with Crippen LogP contribution in [0, 0.1) is 10.1 Å². The van der Waals surface area contributed by atoms with Gasteiger partial charge >= 0.3 is 0 Å². The van der Waals surface area contributed by atoms with E-state index in [0.29, 0.717) is 0 Å². The summed E-state index contributed by atoms with van der Waals surface area (Å²) in [4.78, 5) is 9.92. The van der Waals surface area contributed by atoms with Crippen molar-refractivity contribution in [2.24, 2.45) is 0 Å². The van der Waals surface area contributed by atoms with Crippen LogP contribution in [0.15, 0.2) is 18.5 Å². The van der Waals surface area contributed by atoms with Gasteiger partial charge in [-0.2, -0.15) is 0 Å². The van der Waals surface area contributed by atoms with Crippen molar-refractivity contribution in [2.45, 2.75) is 24.5 Å². The number of nitro groups is 1. The van der Waals surface area contributed by atoms with Gasteiger partial charge in [-0.05, 0) is 0 Å². The summed E-state index contributed by atoms with van der Waals surface area (Å²) in [7, 11) is 0. The molecule has 3 N–H and O–H groups in total. The number of aliphatic hydroxyl groups excluding tert-OH is 3. The SMILES string of the molecule is O=[N+]([O-])c1ccn([C@@H]2O[C@H](CO)[C@@H](O)[C@H]2O)c1. The third kappa shape index (κ3) is 2.03. The van der Waals surface area contributed by atoms with Gasteiger partial charge in [0.05, 0.1) is 17.7 Å². The zero-order chi connectivity index (χ0) is 12.6. The zero-order valence-electron chi connectivity index (χ0n) is 8.71. The molecule has 1 aliphatic rings. The molecule has 17 heavy (non-hydrogen) atoms. The maximum atomic E-state index is 10.5. The Hall–Kier alpha value is -1.48. The first-order valence-corrected chi connectivity index (χ1v) is 4.99. The van der Waals surface area contributed by atoms with Gasteiger partial charge in [-0.25, -0.2) is 0 Å². The standard InChI is InChI=1S/C9H12N2O6/c12-4-6-7(13)8(14)9(17-6)10-2-1-5(3-10)11(15)16/h1-3,6-9,12-14H,4H2/t6-,7-,8-,9-/m1/s1. The number of hydrogen-bond donors (Lipinski definition) is 3. The summed E-state index contributed by atoms with van der Waals surface area (Å²) in [5, 5.41) is 38.6. The molecule has 94 valence electrons. The van der Waals surface area contributed by atoms with Crippen molar-refractivity contribution >= 4 is 5.69 Å². The average Bonchev–Trinajstić information content (AvgIpc) is 2.87. The van der Waals surface area contributed by atoms with Gasteiger partial charge in [-0.1, -0.05) is 0 Å². The fourth-order valence-electron chi connectivity index (χ4n) is 1.79. The van der Waals surface area contributed by atoms with Crippen LogP contribution in [-0.4, -0.2) is 49.7 Å². The van der Waals surface area contributed by atoms with E-state index in [-0.39, 0.29) is 5.69 Å². The van der Waals surface area contributed by atoms with Gasteiger partial charge in [0.1, 0.15) is 18.3 Å². The van der Waals surface area contributed by atoms with Crippen molar-refractivity contribution in [3.63, 3.8) is 0 Å². The van der Waals surface area contributed by atoms with Crippen LogP contribution in [0.4, 0.5) is 5.69 Å². The van der Waals surface area contributed by atoms with Crippen LogP contribution >= 0.6 is 0 Å². The predicted molar refractivity (Wildman–Crippen MR) is 54.1 cm³/mol. The van der Waals surface area contributed by atoms with Crippen LogP contribution in [0.3, 0.4) is 0 Å². The lowest BCUT2D eigenvalue weighted by Gasteiger charge is -2.15. The van der Waals surface area contributed by atoms with Gasteiger partial charge in [-0.3, -0.25) is 10.1 Å². The molecule has 0 spiro atoms. The molecule has 0 amide bonds. The Morgan fingerprint density at radius 3 is 2.65 bits per heavy atom. The summed E-state index contributed by atoms with van der Waals surface area (Å²) in [6.07, 6.45) is -1.71. The topological polar surface area (TPSA) is 118 Å². The molecular formula is C9H12N2O6. The zero-order valence-corrected chi connectivity index (χ0v) is 8.71. The number of rotatable bonds is 3. The molecule has 8 heteroatoms. The third-order valence-corrected chi connectivity index (χ3v) is 2.72. The highest BCUT2D eigenvalue weighted by Crippen LogP contribution is 2.30. The van der Waals surface area contributed by atoms with Crippen LogP contribution in [0.25, 0.3) is 0 Å². The summed E-state index contributed by atoms with van der Waals surface area (Å²) in [6, 6.07) is 1.26. The normalized spacial score (nSPS) is 32.9. The van der Waals surface area contributed by atoms with Crippen LogP contribution in [0.1, 0.15) is 6.23 Å². The predicted octanol–water partition coefficient (Wildman–Crippen LogP) is -0.992. The molecule has 1 fully saturated rings. The van der Waals surface area contributed by atoms with Gasteiger partial charge in [0.15, 0.2) is 6.23 Å². The summed E-state index contributed by atoms with van der Waals surface area (Å²) < 4.78 is 6.50. The highest BCUT2D eigenvalue weighted by atomic mass is 16.6. The molecule has 0 unspecified atom stereocenters. The summed E-state index contributed by atoms with van der Waals surface area (Å²) in [6.45, 7) is -0.432. The monoisotopic (exact) mass is 244 g/mol. The van der Waals surface area contributed by atoms with Crippen molar-refractivity contribution in [2.75, 3.05) is 6.61 Å². The van der Waals surface area contributed by atoms with E-state index in [1.54, 1.807) is 0 Å². The molecule has 8 nitrogen and oxygen atoms in total. The van der Waals surface area contributed by atoms with Gasteiger partial charge in [0, 0.05) is 12.3 Å². The van der Waals surface area contributed by atoms with E-state index in [1.165, 1.54) is 23.0 Å². The Labute approximate surface area is 95.8 Å². The lowest BCUT2D eigenvalue weighted by atomic mass is 10.1. The Kier molecular flexibility index (Phi) is 3.11. The van der Waals surface area contributed by atoms with Gasteiger partial charge in [0.2, 0.25) is 0 Å². The molecule has 4 atom stereocenters. The lowest BCUT2D eigenvalue weighted by Crippen LogP contribution is -2.33. The van der Waals surface area contributed by atoms with E-state index in [1.807, 2.05) is 0 Å². The second-order valence-electron chi connectivity index (χ2n) is 3.80. The second-order valence-corrected chi connectivity index (χ2v) is 3.80. The molecule has 0 aromatic carbocycles. The molecule has 0 radical (unpaired) electrons. The molecule has 0 bridgehead atoms. The fraction of sp³-hybridized carbons (Fsp3) is 0.556. The Bertz CT molecular complexity index is 419. The van der Waals surface area contributed by atoms with E-state index in [2.05, 4.69) is 0 Å². The first-order valence-electron chi connectivity index (χ1n) is 4.99. The Morgan fingerprint density at radius 2 is 2.18 bits per heavy atom. The van der Waals surface area contributed by atoms with Gasteiger partial charge in [-0.15, -0.1) is 0 Å². The highest BCUT2D eigenvalue weighted by Gasteiger charge is 2.43. The molecule has 1 saturated heterocycles. The molecule has 2 heterocycles. The quantitative estimate of drug-likeness (QED) is 0.464. The minimum Gasteiger partial charge on any atom is -0.394 e. The average molecular weight is 244 g/mol. The number of nitrogens with zero attached hydrogens (tertiary/aromatic N) is 2. The number of hydrogen-bond acceptors (Lipinski definition) is 6. The first kappa shape index (κ1) is 12.0. The van der Waals surface area contributed by atoms with Crippen LogP contribution in [0.5, 0.6) is 0 Å². The van der Waals surface area contributed by atoms with Crippen molar-refractivity contribution in [1.82, 2.24) is 4.57 Å². The van der Waals surface area contributed by atoms with E-state index in [4.69, 9.17) is 9.84 Å². The van der Waals surface area contributed by atoms with E-state index < -0.39 is 36.1 Å². The number of aromatic nitrogens is 1. The molecule has 0 aliphatic carbocycles. The maximum absolute atomic E-state index is 10.5. The Morgan fingerprint density at radius 1 is 1.47 bits per heavy atom. The van der Waals surface area contributed by atoms with Crippen molar-refractivity contribution in [1.29, 1.82) is 0 Å². The maximum Gasteiger partial charge on any atom is 0.286 e. The number of aliphatic hydroxyl groups is 3. The third-order valence-electron chi connectivity index (χ3n) is 2.72. The summed E-state index contributed by atoms with van der Waals surface area (Å²) in [5.41, 5.74) is -0.136. The second kappa shape index (κ2) is 4.41. The van der Waals surface area contributed by atoms with Crippen molar-refractivity contribution in [3.8, 4) is 0 Å². The molecule has 0 saturated carbocycles. The molecule has 1 aliphatic heterocycles. The minimum atomic E-state index is -1.24. The lowest BCUT2D eigenvalue weighted by molar-refractivity contribution is -0.384. The highest BCUT2D eigenvalue weighted by molar-refractivity contribution is 5.26. The summed E-state index contributed by atoms with van der Waals surface area (Å²) in [5.74, 6) is 0. The fourth-order valence-corrected chi connectivity index (χ4v) is 1.79. The van der Waals surface area contributed by atoms with Crippen molar-refractivity contribution in [3.05, 3.63) is 28.6 Å². The summed E-state index contributed by atoms with van der Waals surface area (Å²) >= 11 is 0. The largest absolute Gasteiger partial charge is 0.394 e. The van der Waals surface area contributed by atoms with E-state index in [9.17, 15) is 20.3 Å². The van der Waals surface area contributed by atoms with Gasteiger partial charge < -0.3 is 24.6 Å². The molecule has 1 aromatic rings. The number of ether oxygens (including phenoxy) is 1. The molecule has 2 rings (SSSR count). The van der Waals surface area contributed by atoms with Crippen LogP contribution < -0.4 is 0 Å². The van der Waals surface area contributed by atoms with E-state index in [0.717, 1.165) is 0 Å². The minimum absolute atomic E-state index is 0.136.